The van der Waals surface area contributed by atoms with Crippen molar-refractivity contribution < 1.29 is 14.7 Å². The Morgan fingerprint density at radius 2 is 1.70 bits per heavy atom. The van der Waals surface area contributed by atoms with Crippen molar-refractivity contribution in [2.24, 2.45) is 23.7 Å². The number of carbonyl (C=O) groups excluding carboxylic acids is 1. The second kappa shape index (κ2) is 5.20. The third-order valence-corrected chi connectivity index (χ3v) is 4.88. The first-order valence-electron chi connectivity index (χ1n) is 6.54. The third kappa shape index (κ3) is 2.34. The van der Waals surface area contributed by atoms with E-state index in [2.05, 4.69) is 27.9 Å². The van der Waals surface area contributed by atoms with Gasteiger partial charge in [-0.2, -0.15) is 0 Å². The van der Waals surface area contributed by atoms with Crippen molar-refractivity contribution in [3.05, 3.63) is 40.0 Å². The number of halogens is 1. The molecule has 2 N–H and O–H groups in total. The van der Waals surface area contributed by atoms with Crippen LogP contribution in [-0.4, -0.2) is 17.0 Å². The largest absolute Gasteiger partial charge is 0.481 e. The summed E-state index contributed by atoms with van der Waals surface area (Å²) in [6, 6.07) is 7.48. The quantitative estimate of drug-likeness (QED) is 0.623. The van der Waals surface area contributed by atoms with Crippen molar-refractivity contribution in [2.45, 2.75) is 6.42 Å². The Bertz CT molecular complexity index is 581. The van der Waals surface area contributed by atoms with Crippen LogP contribution >= 0.6 is 22.6 Å². The van der Waals surface area contributed by atoms with Gasteiger partial charge in [-0.1, -0.05) is 12.2 Å². The number of benzene rings is 1. The van der Waals surface area contributed by atoms with Gasteiger partial charge in [0, 0.05) is 9.26 Å². The lowest BCUT2D eigenvalue weighted by atomic mass is 9.82. The van der Waals surface area contributed by atoms with Gasteiger partial charge < -0.3 is 10.4 Å². The molecule has 20 heavy (non-hydrogen) atoms. The number of hydrogen-bond acceptors (Lipinski definition) is 2. The summed E-state index contributed by atoms with van der Waals surface area (Å²) in [5, 5.41) is 12.2. The van der Waals surface area contributed by atoms with Crippen LogP contribution in [0.15, 0.2) is 36.4 Å². The lowest BCUT2D eigenvalue weighted by molar-refractivity contribution is -0.146. The second-order valence-corrected chi connectivity index (χ2v) is 6.58. The van der Waals surface area contributed by atoms with E-state index < -0.39 is 17.8 Å². The minimum absolute atomic E-state index is 0.00460. The van der Waals surface area contributed by atoms with Gasteiger partial charge in [0.25, 0.3) is 0 Å². The van der Waals surface area contributed by atoms with E-state index in [0.29, 0.717) is 5.69 Å². The Balaban J connectivity index is 1.78. The maximum Gasteiger partial charge on any atom is 0.307 e. The van der Waals surface area contributed by atoms with Crippen molar-refractivity contribution in [1.82, 2.24) is 0 Å². The highest BCUT2D eigenvalue weighted by atomic mass is 127. The predicted molar refractivity (Wildman–Crippen MR) is 83.1 cm³/mol. The average Bonchev–Trinajstić information content (AvgIpc) is 3.01. The van der Waals surface area contributed by atoms with Gasteiger partial charge in [-0.25, -0.2) is 0 Å². The fraction of sp³-hybridized carbons (Fsp3) is 0.333. The van der Waals surface area contributed by atoms with Crippen LogP contribution in [0.2, 0.25) is 0 Å². The van der Waals surface area contributed by atoms with Gasteiger partial charge in [0.15, 0.2) is 0 Å². The molecule has 0 heterocycles. The number of carboxylic acid groups (broad SMARTS) is 1. The highest BCUT2D eigenvalue weighted by molar-refractivity contribution is 14.1. The maximum absolute atomic E-state index is 12.4. The number of carbonyl (C=O) groups is 2. The summed E-state index contributed by atoms with van der Waals surface area (Å²) >= 11 is 2.20. The molecule has 5 heteroatoms. The van der Waals surface area contributed by atoms with Crippen LogP contribution < -0.4 is 5.32 Å². The van der Waals surface area contributed by atoms with Crippen molar-refractivity contribution in [3.8, 4) is 0 Å². The number of aliphatic carboxylic acids is 1. The SMILES string of the molecule is O=C(Nc1ccc(I)cc1)[C@@H]1[C@@H](C(=O)O)[C@H]2C=C[C@@H]1C2. The van der Waals surface area contributed by atoms with Gasteiger partial charge in [-0.05, 0) is 65.1 Å². The molecule has 0 aliphatic heterocycles. The summed E-state index contributed by atoms with van der Waals surface area (Å²) in [6.07, 6.45) is 4.71. The zero-order valence-corrected chi connectivity index (χ0v) is 12.8. The van der Waals surface area contributed by atoms with Crippen molar-refractivity contribution in [1.29, 1.82) is 0 Å². The van der Waals surface area contributed by atoms with E-state index in [1.54, 1.807) is 0 Å². The number of rotatable bonds is 3. The van der Waals surface area contributed by atoms with Crippen LogP contribution in [0.1, 0.15) is 6.42 Å². The molecule has 0 unspecified atom stereocenters. The molecule has 1 saturated carbocycles. The average molecular weight is 383 g/mol. The minimum Gasteiger partial charge on any atom is -0.481 e. The molecule has 2 aliphatic carbocycles. The standard InChI is InChI=1S/C15H14INO3/c16-10-3-5-11(6-4-10)17-14(18)12-8-1-2-9(7-8)13(12)15(19)20/h1-6,8-9,12-13H,7H2,(H,17,18)(H,19,20)/t8-,9+,12+,13+/m1/s1. The second-order valence-electron chi connectivity index (χ2n) is 5.33. The fourth-order valence-corrected chi connectivity index (χ4v) is 3.63. The molecule has 2 bridgehead atoms. The van der Waals surface area contributed by atoms with E-state index in [1.807, 2.05) is 36.4 Å². The van der Waals surface area contributed by atoms with Crippen LogP contribution in [0, 0.1) is 27.2 Å². The van der Waals surface area contributed by atoms with E-state index in [0.717, 1.165) is 9.99 Å². The lowest BCUT2D eigenvalue weighted by Crippen LogP contribution is -2.36. The number of hydrogen-bond donors (Lipinski definition) is 2. The summed E-state index contributed by atoms with van der Waals surface area (Å²) in [7, 11) is 0. The highest BCUT2D eigenvalue weighted by Gasteiger charge is 2.51. The van der Waals surface area contributed by atoms with E-state index >= 15 is 0 Å². The molecule has 1 aromatic carbocycles. The Kier molecular flexibility index (Phi) is 3.54. The predicted octanol–water partition coefficient (Wildman–Crippen LogP) is 2.75. The molecular weight excluding hydrogens is 369 g/mol. The normalized spacial score (nSPS) is 30.4. The first-order chi connectivity index (χ1) is 9.56. The molecule has 1 amide bonds. The fourth-order valence-electron chi connectivity index (χ4n) is 3.28. The summed E-state index contributed by atoms with van der Waals surface area (Å²) in [5.41, 5.74) is 0.714. The molecule has 0 radical (unpaired) electrons. The maximum atomic E-state index is 12.4. The highest BCUT2D eigenvalue weighted by Crippen LogP contribution is 2.48. The number of fused-ring (bicyclic) bond motifs is 2. The number of carboxylic acids is 1. The first-order valence-corrected chi connectivity index (χ1v) is 7.61. The van der Waals surface area contributed by atoms with Gasteiger partial charge in [0.1, 0.15) is 0 Å². The van der Waals surface area contributed by atoms with E-state index in [-0.39, 0.29) is 17.7 Å². The molecule has 4 atom stereocenters. The topological polar surface area (TPSA) is 66.4 Å². The molecule has 104 valence electrons. The van der Waals surface area contributed by atoms with Gasteiger partial charge in [0.2, 0.25) is 5.91 Å². The Morgan fingerprint density at radius 3 is 2.30 bits per heavy atom. The zero-order chi connectivity index (χ0) is 14.3. The Labute approximate surface area is 130 Å². The summed E-state index contributed by atoms with van der Waals surface area (Å²) in [4.78, 5) is 23.8. The molecule has 1 aromatic rings. The van der Waals surface area contributed by atoms with Gasteiger partial charge in [-0.15, -0.1) is 0 Å². The van der Waals surface area contributed by atoms with Gasteiger partial charge in [0.05, 0.1) is 11.8 Å². The first kappa shape index (κ1) is 13.6. The molecule has 3 rings (SSSR count). The van der Waals surface area contributed by atoms with Crippen LogP contribution in [0.25, 0.3) is 0 Å². The number of amides is 1. The number of anilines is 1. The molecule has 0 saturated heterocycles. The summed E-state index contributed by atoms with van der Waals surface area (Å²) in [5.74, 6) is -2.04. The van der Waals surface area contributed by atoms with E-state index in [1.165, 1.54) is 0 Å². The van der Waals surface area contributed by atoms with Crippen LogP contribution in [0.5, 0.6) is 0 Å². The molecule has 1 fully saturated rings. The van der Waals surface area contributed by atoms with Crippen LogP contribution in [-0.2, 0) is 9.59 Å². The van der Waals surface area contributed by atoms with Crippen molar-refractivity contribution in [3.63, 3.8) is 0 Å². The number of nitrogens with one attached hydrogen (secondary N) is 1. The van der Waals surface area contributed by atoms with E-state index in [9.17, 15) is 14.7 Å². The van der Waals surface area contributed by atoms with E-state index in [4.69, 9.17) is 0 Å². The van der Waals surface area contributed by atoms with Crippen molar-refractivity contribution in [2.75, 3.05) is 5.32 Å². The summed E-state index contributed by atoms with van der Waals surface area (Å²) in [6.45, 7) is 0. The Hall–Kier alpha value is -1.37. The molecule has 0 aromatic heterocycles. The van der Waals surface area contributed by atoms with Crippen molar-refractivity contribution >= 4 is 40.2 Å². The molecule has 4 nitrogen and oxygen atoms in total. The summed E-state index contributed by atoms with van der Waals surface area (Å²) < 4.78 is 1.09. The molecule has 0 spiro atoms. The Morgan fingerprint density at radius 1 is 1.10 bits per heavy atom. The van der Waals surface area contributed by atoms with Crippen LogP contribution in [0.4, 0.5) is 5.69 Å². The number of allylic oxidation sites excluding steroid dienone is 2. The zero-order valence-electron chi connectivity index (χ0n) is 10.6. The smallest absolute Gasteiger partial charge is 0.307 e. The van der Waals surface area contributed by atoms with Gasteiger partial charge >= 0.3 is 5.97 Å². The third-order valence-electron chi connectivity index (χ3n) is 4.16. The molecule has 2 aliphatic rings. The minimum atomic E-state index is -0.871. The molecular formula is C15H14INO3. The monoisotopic (exact) mass is 383 g/mol. The van der Waals surface area contributed by atoms with Gasteiger partial charge in [-0.3, -0.25) is 9.59 Å². The lowest BCUT2D eigenvalue weighted by Gasteiger charge is -2.23. The van der Waals surface area contributed by atoms with Crippen LogP contribution in [0.3, 0.4) is 0 Å².